The van der Waals surface area contributed by atoms with Crippen molar-refractivity contribution >= 4 is 11.9 Å². The van der Waals surface area contributed by atoms with Crippen molar-refractivity contribution in [1.29, 1.82) is 0 Å². The van der Waals surface area contributed by atoms with E-state index in [1.807, 2.05) is 0 Å². The van der Waals surface area contributed by atoms with Gasteiger partial charge < -0.3 is 19.9 Å². The molecule has 0 aromatic heterocycles. The van der Waals surface area contributed by atoms with Gasteiger partial charge in [0.15, 0.2) is 0 Å². The van der Waals surface area contributed by atoms with E-state index < -0.39 is 30.0 Å². The van der Waals surface area contributed by atoms with Crippen molar-refractivity contribution in [1.82, 2.24) is 5.32 Å². The standard InChI is InChI=1S/C13H17NO5/c15-12(14-6-7-2-1-5-18-7)10-8-3-4-9(19-8)11(10)13(16)17/h3-4,7-11H,1-2,5-6H2,(H,14,15)(H,16,17)/t7-,8-,9-,10+,11-/m0/s1. The van der Waals surface area contributed by atoms with Gasteiger partial charge in [-0.15, -0.1) is 0 Å². The molecule has 6 heteroatoms. The van der Waals surface area contributed by atoms with E-state index in [1.54, 1.807) is 12.2 Å². The summed E-state index contributed by atoms with van der Waals surface area (Å²) in [6.07, 6.45) is 4.64. The zero-order valence-corrected chi connectivity index (χ0v) is 10.5. The molecule has 5 atom stereocenters. The minimum absolute atomic E-state index is 0.0577. The predicted octanol–water partition coefficient (Wildman–Crippen LogP) is -0.0642. The molecule has 2 bridgehead atoms. The van der Waals surface area contributed by atoms with Gasteiger partial charge in [0, 0.05) is 13.2 Å². The quantitative estimate of drug-likeness (QED) is 0.697. The fraction of sp³-hybridized carbons (Fsp3) is 0.692. The molecule has 0 spiro atoms. The Hall–Kier alpha value is -1.40. The van der Waals surface area contributed by atoms with Crippen LogP contribution >= 0.6 is 0 Å². The number of carboxylic acid groups (broad SMARTS) is 1. The second kappa shape index (κ2) is 4.94. The van der Waals surface area contributed by atoms with Gasteiger partial charge >= 0.3 is 5.97 Å². The van der Waals surface area contributed by atoms with Gasteiger partial charge in [0.05, 0.1) is 24.2 Å². The second-order valence-corrected chi connectivity index (χ2v) is 5.22. The average molecular weight is 267 g/mol. The Morgan fingerprint density at radius 2 is 2.00 bits per heavy atom. The summed E-state index contributed by atoms with van der Waals surface area (Å²) in [6, 6.07) is 0. The molecule has 0 aromatic rings. The van der Waals surface area contributed by atoms with E-state index in [1.165, 1.54) is 0 Å². The summed E-state index contributed by atoms with van der Waals surface area (Å²) >= 11 is 0. The number of amides is 1. The Kier molecular flexibility index (Phi) is 3.28. The van der Waals surface area contributed by atoms with Gasteiger partial charge in [-0.2, -0.15) is 0 Å². The highest BCUT2D eigenvalue weighted by molar-refractivity contribution is 5.87. The number of carboxylic acids is 1. The third kappa shape index (κ3) is 2.26. The molecule has 0 aliphatic carbocycles. The molecule has 6 nitrogen and oxygen atoms in total. The van der Waals surface area contributed by atoms with Crippen LogP contribution in [-0.4, -0.2) is 48.4 Å². The van der Waals surface area contributed by atoms with Gasteiger partial charge in [-0.3, -0.25) is 9.59 Å². The Balaban J connectivity index is 1.62. The summed E-state index contributed by atoms with van der Waals surface area (Å²) in [7, 11) is 0. The lowest BCUT2D eigenvalue weighted by Gasteiger charge is -2.21. The molecule has 2 fully saturated rings. The molecular weight excluding hydrogens is 250 g/mol. The van der Waals surface area contributed by atoms with Gasteiger partial charge in [0.1, 0.15) is 5.92 Å². The maximum Gasteiger partial charge on any atom is 0.310 e. The van der Waals surface area contributed by atoms with Gasteiger partial charge in [0.25, 0.3) is 0 Å². The molecule has 0 unspecified atom stereocenters. The minimum atomic E-state index is -0.978. The molecule has 2 N–H and O–H groups in total. The molecule has 0 radical (unpaired) electrons. The molecule has 3 aliphatic heterocycles. The fourth-order valence-electron chi connectivity index (χ4n) is 3.05. The van der Waals surface area contributed by atoms with Gasteiger partial charge in [0.2, 0.25) is 5.91 Å². The number of aliphatic carboxylic acids is 1. The average Bonchev–Trinajstić information content (AvgIpc) is 3.10. The van der Waals surface area contributed by atoms with Crippen molar-refractivity contribution in [2.45, 2.75) is 31.2 Å². The van der Waals surface area contributed by atoms with Crippen molar-refractivity contribution in [3.63, 3.8) is 0 Å². The van der Waals surface area contributed by atoms with Crippen LogP contribution < -0.4 is 5.32 Å². The molecule has 19 heavy (non-hydrogen) atoms. The first-order chi connectivity index (χ1) is 9.16. The molecule has 104 valence electrons. The lowest BCUT2D eigenvalue weighted by Crippen LogP contribution is -2.44. The lowest BCUT2D eigenvalue weighted by atomic mass is 9.82. The highest BCUT2D eigenvalue weighted by Gasteiger charge is 2.53. The Morgan fingerprint density at radius 3 is 2.63 bits per heavy atom. The first-order valence-electron chi connectivity index (χ1n) is 6.63. The summed E-state index contributed by atoms with van der Waals surface area (Å²) < 4.78 is 10.9. The number of carbonyl (C=O) groups is 2. The van der Waals surface area contributed by atoms with Gasteiger partial charge in [-0.1, -0.05) is 12.2 Å². The van der Waals surface area contributed by atoms with Crippen LogP contribution in [0.3, 0.4) is 0 Å². The summed E-state index contributed by atoms with van der Waals surface area (Å²) in [6.45, 7) is 1.18. The zero-order valence-electron chi connectivity index (χ0n) is 10.5. The molecule has 3 aliphatic rings. The number of ether oxygens (including phenoxy) is 2. The van der Waals surface area contributed by atoms with E-state index in [-0.39, 0.29) is 12.0 Å². The van der Waals surface area contributed by atoms with Crippen molar-refractivity contribution in [3.8, 4) is 0 Å². The monoisotopic (exact) mass is 267 g/mol. The topological polar surface area (TPSA) is 84.9 Å². The fourth-order valence-corrected chi connectivity index (χ4v) is 3.05. The summed E-state index contributed by atoms with van der Waals surface area (Å²) in [4.78, 5) is 23.4. The first-order valence-corrected chi connectivity index (χ1v) is 6.63. The Labute approximate surface area is 110 Å². The SMILES string of the molecule is O=C(O)[C@@H]1[C@H](C(=O)NC[C@@H]2CCCO2)[C@@H]2C=C[C@@H]1O2. The summed E-state index contributed by atoms with van der Waals surface area (Å²) in [5.74, 6) is -2.64. The Bertz CT molecular complexity index is 415. The van der Waals surface area contributed by atoms with E-state index in [0.717, 1.165) is 19.4 Å². The number of nitrogens with one attached hydrogen (secondary N) is 1. The Morgan fingerprint density at radius 1 is 1.26 bits per heavy atom. The van der Waals surface area contributed by atoms with Crippen LogP contribution in [0.15, 0.2) is 12.2 Å². The van der Waals surface area contributed by atoms with Crippen molar-refractivity contribution < 1.29 is 24.2 Å². The molecule has 2 saturated heterocycles. The summed E-state index contributed by atoms with van der Waals surface area (Å²) in [5, 5.41) is 12.0. The van der Waals surface area contributed by atoms with Crippen molar-refractivity contribution in [3.05, 3.63) is 12.2 Å². The maximum atomic E-state index is 12.2. The van der Waals surface area contributed by atoms with Crippen LogP contribution in [-0.2, 0) is 19.1 Å². The molecule has 1 amide bonds. The van der Waals surface area contributed by atoms with Crippen LogP contribution in [0.5, 0.6) is 0 Å². The third-order valence-electron chi connectivity index (χ3n) is 4.02. The van der Waals surface area contributed by atoms with Crippen LogP contribution in [0.1, 0.15) is 12.8 Å². The van der Waals surface area contributed by atoms with E-state index in [9.17, 15) is 14.7 Å². The highest BCUT2D eigenvalue weighted by Crippen LogP contribution is 2.39. The van der Waals surface area contributed by atoms with Crippen LogP contribution in [0.25, 0.3) is 0 Å². The molecule has 3 rings (SSSR count). The van der Waals surface area contributed by atoms with Crippen LogP contribution in [0.4, 0.5) is 0 Å². The number of hydrogen-bond donors (Lipinski definition) is 2. The minimum Gasteiger partial charge on any atom is -0.481 e. The highest BCUT2D eigenvalue weighted by atomic mass is 16.5. The normalized spacial score (nSPS) is 39.7. The smallest absolute Gasteiger partial charge is 0.310 e. The molecule has 3 heterocycles. The lowest BCUT2D eigenvalue weighted by molar-refractivity contribution is -0.146. The maximum absolute atomic E-state index is 12.2. The zero-order chi connectivity index (χ0) is 13.4. The van der Waals surface area contributed by atoms with E-state index in [2.05, 4.69) is 5.32 Å². The molecular formula is C13H17NO5. The number of hydrogen-bond acceptors (Lipinski definition) is 4. The first kappa shape index (κ1) is 12.6. The van der Waals surface area contributed by atoms with Crippen molar-refractivity contribution in [2.75, 3.05) is 13.2 Å². The summed E-state index contributed by atoms with van der Waals surface area (Å²) in [5.41, 5.74) is 0. The van der Waals surface area contributed by atoms with Gasteiger partial charge in [-0.05, 0) is 12.8 Å². The van der Waals surface area contributed by atoms with E-state index >= 15 is 0 Å². The number of rotatable bonds is 4. The second-order valence-electron chi connectivity index (χ2n) is 5.22. The van der Waals surface area contributed by atoms with Crippen LogP contribution in [0.2, 0.25) is 0 Å². The van der Waals surface area contributed by atoms with E-state index in [0.29, 0.717) is 6.54 Å². The molecule has 0 aromatic carbocycles. The third-order valence-corrected chi connectivity index (χ3v) is 4.02. The number of carbonyl (C=O) groups excluding carboxylic acids is 1. The van der Waals surface area contributed by atoms with Crippen molar-refractivity contribution in [2.24, 2.45) is 11.8 Å². The van der Waals surface area contributed by atoms with Gasteiger partial charge in [-0.25, -0.2) is 0 Å². The van der Waals surface area contributed by atoms with Crippen LogP contribution in [0, 0.1) is 11.8 Å². The van der Waals surface area contributed by atoms with E-state index in [4.69, 9.17) is 9.47 Å². The number of fused-ring (bicyclic) bond motifs is 2. The predicted molar refractivity (Wildman–Crippen MR) is 64.4 cm³/mol. The largest absolute Gasteiger partial charge is 0.481 e. The molecule has 0 saturated carbocycles.